The minimum Gasteiger partial charge on any atom is -0.390 e. The Bertz CT molecular complexity index is 607. The lowest BCUT2D eigenvalue weighted by Gasteiger charge is -1.99. The maximum atomic E-state index is 8.70. The van der Waals surface area contributed by atoms with Crippen LogP contribution in [0.25, 0.3) is 0 Å². The molecular formula is C17H15N2O. The Hall–Kier alpha value is -2.60. The van der Waals surface area contributed by atoms with Crippen molar-refractivity contribution in [1.82, 2.24) is 0 Å². The molecule has 0 bridgehead atoms. The number of nitriles is 1. The first-order valence-corrected chi connectivity index (χ1v) is 6.48. The van der Waals surface area contributed by atoms with Crippen LogP contribution in [-0.4, -0.2) is 6.21 Å². The van der Waals surface area contributed by atoms with E-state index in [9.17, 15) is 0 Å². The summed E-state index contributed by atoms with van der Waals surface area (Å²) in [7, 11) is 0. The fourth-order valence-electron chi connectivity index (χ4n) is 1.68. The van der Waals surface area contributed by atoms with Crippen molar-refractivity contribution in [2.45, 2.75) is 20.0 Å². The molecule has 0 aromatic heterocycles. The molecule has 3 nitrogen and oxygen atoms in total. The first-order valence-electron chi connectivity index (χ1n) is 6.48. The molecule has 0 saturated carbocycles. The van der Waals surface area contributed by atoms with Crippen LogP contribution in [0.3, 0.4) is 0 Å². The normalized spacial score (nSPS) is 10.4. The Morgan fingerprint density at radius 1 is 0.950 bits per heavy atom. The summed E-state index contributed by atoms with van der Waals surface area (Å²) >= 11 is 0. The van der Waals surface area contributed by atoms with E-state index in [0.717, 1.165) is 17.5 Å². The second kappa shape index (κ2) is 7.10. The smallest absolute Gasteiger partial charge is 0.142 e. The number of hydrogen-bond acceptors (Lipinski definition) is 3. The minimum atomic E-state index is 0.367. The first-order chi connectivity index (χ1) is 9.81. The molecule has 0 saturated heterocycles. The summed E-state index contributed by atoms with van der Waals surface area (Å²) in [6.45, 7) is 2.49. The molecule has 0 N–H and O–H groups in total. The van der Waals surface area contributed by atoms with Crippen LogP contribution in [-0.2, 0) is 17.9 Å². The third kappa shape index (κ3) is 3.96. The average molecular weight is 263 g/mol. The van der Waals surface area contributed by atoms with E-state index in [1.807, 2.05) is 24.3 Å². The van der Waals surface area contributed by atoms with Crippen LogP contribution in [0.5, 0.6) is 0 Å². The van der Waals surface area contributed by atoms with Gasteiger partial charge in [0.05, 0.1) is 11.6 Å². The van der Waals surface area contributed by atoms with Crippen molar-refractivity contribution < 1.29 is 4.84 Å². The highest BCUT2D eigenvalue weighted by Gasteiger charge is 1.94. The Labute approximate surface area is 119 Å². The van der Waals surface area contributed by atoms with E-state index in [-0.39, 0.29) is 0 Å². The van der Waals surface area contributed by atoms with E-state index >= 15 is 0 Å². The zero-order valence-corrected chi connectivity index (χ0v) is 11.3. The van der Waals surface area contributed by atoms with Gasteiger partial charge in [-0.05, 0) is 29.7 Å². The maximum absolute atomic E-state index is 8.70. The van der Waals surface area contributed by atoms with Crippen LogP contribution >= 0.6 is 0 Å². The van der Waals surface area contributed by atoms with Gasteiger partial charge < -0.3 is 4.84 Å². The van der Waals surface area contributed by atoms with Crippen LogP contribution in [0.2, 0.25) is 0 Å². The second-order valence-electron chi connectivity index (χ2n) is 4.34. The van der Waals surface area contributed by atoms with Gasteiger partial charge in [0.15, 0.2) is 0 Å². The predicted octanol–water partition coefficient (Wildman–Crippen LogP) is 3.55. The quantitative estimate of drug-likeness (QED) is 0.611. The van der Waals surface area contributed by atoms with Crippen molar-refractivity contribution in [3.63, 3.8) is 0 Å². The van der Waals surface area contributed by atoms with Crippen molar-refractivity contribution in [2.24, 2.45) is 5.16 Å². The van der Waals surface area contributed by atoms with Crippen LogP contribution in [0.4, 0.5) is 0 Å². The summed E-state index contributed by atoms with van der Waals surface area (Å²) < 4.78 is 0. The number of rotatable bonds is 5. The van der Waals surface area contributed by atoms with Gasteiger partial charge in [-0.2, -0.15) is 5.26 Å². The standard InChI is InChI=1S/C17H15N2O/c1-2-14-3-7-16(8-4-14)12-19-20-13-17-9-5-15(11-18)6-10-17/h3-10H,2,13H2,1H3. The van der Waals surface area contributed by atoms with Crippen molar-refractivity contribution in [3.8, 4) is 6.07 Å². The van der Waals surface area contributed by atoms with Crippen LogP contribution in [0.1, 0.15) is 29.2 Å². The maximum Gasteiger partial charge on any atom is 0.142 e. The number of nitrogens with zero attached hydrogens (tertiary/aromatic N) is 2. The summed E-state index contributed by atoms with van der Waals surface area (Å²) in [4.78, 5) is 5.18. The lowest BCUT2D eigenvalue weighted by atomic mass is 10.1. The predicted molar refractivity (Wildman–Crippen MR) is 78.3 cm³/mol. The monoisotopic (exact) mass is 263 g/mol. The van der Waals surface area contributed by atoms with Gasteiger partial charge in [-0.3, -0.25) is 0 Å². The van der Waals surface area contributed by atoms with Crippen LogP contribution < -0.4 is 0 Å². The molecule has 20 heavy (non-hydrogen) atoms. The summed E-state index contributed by atoms with van der Waals surface area (Å²) in [5.41, 5.74) is 3.78. The second-order valence-corrected chi connectivity index (χ2v) is 4.34. The summed E-state index contributed by atoms with van der Waals surface area (Å²) in [6, 6.07) is 17.3. The molecule has 0 amide bonds. The highest BCUT2D eigenvalue weighted by molar-refractivity contribution is 5.79. The van der Waals surface area contributed by atoms with Crippen molar-refractivity contribution in [3.05, 3.63) is 70.8 Å². The molecule has 0 aliphatic carbocycles. The third-order valence-corrected chi connectivity index (χ3v) is 2.92. The van der Waals surface area contributed by atoms with Gasteiger partial charge in [0.25, 0.3) is 0 Å². The lowest BCUT2D eigenvalue weighted by molar-refractivity contribution is 0.132. The van der Waals surface area contributed by atoms with Gasteiger partial charge in [0, 0.05) is 5.56 Å². The van der Waals surface area contributed by atoms with Gasteiger partial charge in [-0.15, -0.1) is 0 Å². The van der Waals surface area contributed by atoms with Gasteiger partial charge in [-0.25, -0.2) is 0 Å². The highest BCUT2D eigenvalue weighted by Crippen LogP contribution is 2.06. The zero-order valence-electron chi connectivity index (χ0n) is 11.3. The molecule has 0 aliphatic heterocycles. The van der Waals surface area contributed by atoms with E-state index in [2.05, 4.69) is 36.5 Å². The number of hydrogen-bond donors (Lipinski definition) is 0. The third-order valence-electron chi connectivity index (χ3n) is 2.92. The number of benzene rings is 2. The molecule has 2 aromatic carbocycles. The molecule has 0 heterocycles. The summed E-state index contributed by atoms with van der Waals surface area (Å²) in [5.74, 6) is 0. The summed E-state index contributed by atoms with van der Waals surface area (Å²) in [6.07, 6.45) is 3.86. The van der Waals surface area contributed by atoms with Crippen LogP contribution in [0, 0.1) is 11.3 Å². The SMILES string of the molecule is CCc1ccc(/[C]=N\OCc2ccc(C#N)cc2)cc1. The summed E-state index contributed by atoms with van der Waals surface area (Å²) in [5, 5.41) is 12.5. The highest BCUT2D eigenvalue weighted by atomic mass is 16.6. The molecular weight excluding hydrogens is 248 g/mol. The van der Waals surface area contributed by atoms with Crippen LogP contribution in [0.15, 0.2) is 53.7 Å². The molecule has 99 valence electrons. The zero-order chi connectivity index (χ0) is 14.2. The molecule has 0 unspecified atom stereocenters. The lowest BCUT2D eigenvalue weighted by Crippen LogP contribution is -1.89. The molecule has 2 aromatic rings. The van der Waals surface area contributed by atoms with Gasteiger partial charge in [0.2, 0.25) is 0 Å². The van der Waals surface area contributed by atoms with Gasteiger partial charge in [-0.1, -0.05) is 48.5 Å². The molecule has 0 aliphatic rings. The molecule has 0 atom stereocenters. The van der Waals surface area contributed by atoms with E-state index in [0.29, 0.717) is 12.2 Å². The van der Waals surface area contributed by atoms with E-state index in [4.69, 9.17) is 10.1 Å². The molecule has 3 heteroatoms. The van der Waals surface area contributed by atoms with Crippen molar-refractivity contribution in [1.29, 1.82) is 5.26 Å². The molecule has 0 spiro atoms. The average Bonchev–Trinajstić information content (AvgIpc) is 2.53. The Morgan fingerprint density at radius 3 is 2.15 bits per heavy atom. The number of aryl methyl sites for hydroxylation is 1. The Kier molecular flexibility index (Phi) is 4.91. The minimum absolute atomic E-state index is 0.367. The van der Waals surface area contributed by atoms with Gasteiger partial charge in [0.1, 0.15) is 12.8 Å². The molecule has 0 fully saturated rings. The molecule has 1 radical (unpaired) electrons. The van der Waals surface area contributed by atoms with E-state index in [1.165, 1.54) is 5.56 Å². The van der Waals surface area contributed by atoms with Gasteiger partial charge >= 0.3 is 0 Å². The van der Waals surface area contributed by atoms with E-state index in [1.54, 1.807) is 12.1 Å². The topological polar surface area (TPSA) is 45.4 Å². The fourth-order valence-corrected chi connectivity index (χ4v) is 1.68. The Morgan fingerprint density at radius 2 is 1.55 bits per heavy atom. The van der Waals surface area contributed by atoms with Crippen molar-refractivity contribution >= 4 is 6.21 Å². The van der Waals surface area contributed by atoms with E-state index < -0.39 is 0 Å². The largest absolute Gasteiger partial charge is 0.390 e. The fraction of sp³-hybridized carbons (Fsp3) is 0.176. The Balaban J connectivity index is 1.85. The van der Waals surface area contributed by atoms with Crippen molar-refractivity contribution in [2.75, 3.05) is 0 Å². The first kappa shape index (κ1) is 13.8. The molecule has 2 rings (SSSR count).